The van der Waals surface area contributed by atoms with E-state index in [1.807, 2.05) is 6.08 Å². The quantitative estimate of drug-likeness (QED) is 0.251. The molecule has 0 rings (SSSR count). The van der Waals surface area contributed by atoms with Crippen molar-refractivity contribution in [1.29, 1.82) is 0 Å². The molecule has 0 aliphatic heterocycles. The van der Waals surface area contributed by atoms with Gasteiger partial charge in [-0.3, -0.25) is 9.05 Å². The van der Waals surface area contributed by atoms with E-state index in [9.17, 15) is 4.57 Å². The van der Waals surface area contributed by atoms with Crippen LogP contribution in [-0.4, -0.2) is 13.2 Å². The highest BCUT2D eigenvalue weighted by Crippen LogP contribution is 2.52. The van der Waals surface area contributed by atoms with Crippen LogP contribution in [0.4, 0.5) is 0 Å². The van der Waals surface area contributed by atoms with Crippen molar-refractivity contribution in [2.45, 2.75) is 66.7 Å². The average Bonchev–Trinajstić information content (AvgIpc) is 2.44. The molecule has 0 aromatic heterocycles. The van der Waals surface area contributed by atoms with E-state index in [1.54, 1.807) is 13.8 Å². The van der Waals surface area contributed by atoms with E-state index in [1.165, 1.54) is 0 Å². The van der Waals surface area contributed by atoms with Crippen LogP contribution in [0.3, 0.4) is 0 Å². The number of hydrogen-bond donors (Lipinski definition) is 0. The Morgan fingerprint density at radius 1 is 0.952 bits per heavy atom. The summed E-state index contributed by atoms with van der Waals surface area (Å²) in [5.74, 6) is 0.644. The summed E-state index contributed by atoms with van der Waals surface area (Å²) in [4.78, 5) is 0. The van der Waals surface area contributed by atoms with Crippen LogP contribution < -0.4 is 0 Å². The van der Waals surface area contributed by atoms with Crippen LogP contribution in [0.15, 0.2) is 23.5 Å². The molecule has 124 valence electrons. The van der Waals surface area contributed by atoms with E-state index in [-0.39, 0.29) is 0 Å². The SMILES string of the molecule is CCC=C(CCC)C(=CCCC)OP(=O)(OCC)OCC. The third-order valence-electron chi connectivity index (χ3n) is 2.69. The van der Waals surface area contributed by atoms with Gasteiger partial charge in [0, 0.05) is 0 Å². The molecule has 0 N–H and O–H groups in total. The molecule has 0 saturated carbocycles. The van der Waals surface area contributed by atoms with Crippen molar-refractivity contribution in [2.75, 3.05) is 13.2 Å². The van der Waals surface area contributed by atoms with Crippen molar-refractivity contribution in [3.63, 3.8) is 0 Å². The zero-order valence-electron chi connectivity index (χ0n) is 14.2. The van der Waals surface area contributed by atoms with Crippen LogP contribution >= 0.6 is 7.82 Å². The number of hydrogen-bond acceptors (Lipinski definition) is 4. The number of phosphoric ester groups is 1. The van der Waals surface area contributed by atoms with E-state index in [2.05, 4.69) is 26.8 Å². The minimum absolute atomic E-state index is 0.291. The molecule has 0 atom stereocenters. The van der Waals surface area contributed by atoms with E-state index < -0.39 is 7.82 Å². The number of phosphoric acid groups is 1. The smallest absolute Gasteiger partial charge is 0.404 e. The topological polar surface area (TPSA) is 44.8 Å². The van der Waals surface area contributed by atoms with E-state index >= 15 is 0 Å². The molecule has 0 radical (unpaired) electrons. The molecule has 0 fully saturated rings. The van der Waals surface area contributed by atoms with Gasteiger partial charge < -0.3 is 4.52 Å². The largest absolute Gasteiger partial charge is 0.530 e. The Bertz CT molecular complexity index is 364. The van der Waals surface area contributed by atoms with Crippen LogP contribution in [0.2, 0.25) is 0 Å². The molecule has 0 heterocycles. The van der Waals surface area contributed by atoms with Gasteiger partial charge in [0.25, 0.3) is 0 Å². The lowest BCUT2D eigenvalue weighted by Gasteiger charge is -2.20. The molecule has 0 aromatic rings. The van der Waals surface area contributed by atoms with Gasteiger partial charge in [0.1, 0.15) is 5.76 Å². The van der Waals surface area contributed by atoms with Crippen LogP contribution in [-0.2, 0) is 18.1 Å². The highest BCUT2D eigenvalue weighted by Gasteiger charge is 2.29. The van der Waals surface area contributed by atoms with Gasteiger partial charge in [0.05, 0.1) is 13.2 Å². The van der Waals surface area contributed by atoms with Gasteiger partial charge in [0.15, 0.2) is 0 Å². The molecule has 5 heteroatoms. The molecule has 0 spiro atoms. The van der Waals surface area contributed by atoms with Crippen LogP contribution in [0, 0.1) is 0 Å². The zero-order chi connectivity index (χ0) is 16.1. The fourth-order valence-corrected chi connectivity index (χ4v) is 3.12. The number of rotatable bonds is 12. The Labute approximate surface area is 130 Å². The number of allylic oxidation sites excluding steroid dienone is 3. The second kappa shape index (κ2) is 12.0. The van der Waals surface area contributed by atoms with E-state index in [4.69, 9.17) is 13.6 Å². The first-order valence-corrected chi connectivity index (χ1v) is 9.51. The van der Waals surface area contributed by atoms with Gasteiger partial charge in [-0.25, -0.2) is 4.57 Å². The first-order valence-electron chi connectivity index (χ1n) is 8.04. The molecular weight excluding hydrogens is 287 g/mol. The molecule has 0 aliphatic carbocycles. The zero-order valence-corrected chi connectivity index (χ0v) is 15.1. The molecule has 0 unspecified atom stereocenters. The Kier molecular flexibility index (Phi) is 11.7. The molecule has 0 amide bonds. The Hall–Kier alpha value is -0.570. The predicted octanol–water partition coefficient (Wildman–Crippen LogP) is 6.00. The van der Waals surface area contributed by atoms with Crippen LogP contribution in [0.25, 0.3) is 0 Å². The Morgan fingerprint density at radius 3 is 2.00 bits per heavy atom. The van der Waals surface area contributed by atoms with Gasteiger partial charge in [-0.15, -0.1) is 0 Å². The summed E-state index contributed by atoms with van der Waals surface area (Å²) >= 11 is 0. The Balaban J connectivity index is 5.30. The van der Waals surface area contributed by atoms with E-state index in [0.717, 1.165) is 37.7 Å². The molecule has 21 heavy (non-hydrogen) atoms. The summed E-state index contributed by atoms with van der Waals surface area (Å²) < 4.78 is 28.7. The molecule has 4 nitrogen and oxygen atoms in total. The minimum Gasteiger partial charge on any atom is -0.404 e. The monoisotopic (exact) mass is 318 g/mol. The summed E-state index contributed by atoms with van der Waals surface area (Å²) in [5.41, 5.74) is 1.08. The van der Waals surface area contributed by atoms with E-state index in [0.29, 0.717) is 19.0 Å². The molecule has 0 aliphatic rings. The maximum atomic E-state index is 12.6. The Morgan fingerprint density at radius 2 is 1.57 bits per heavy atom. The molecule has 0 saturated heterocycles. The average molecular weight is 318 g/mol. The summed E-state index contributed by atoms with van der Waals surface area (Å²) in [6.45, 7) is 10.4. The second-order valence-corrected chi connectivity index (χ2v) is 6.21. The van der Waals surface area contributed by atoms with Crippen molar-refractivity contribution in [1.82, 2.24) is 0 Å². The summed E-state index contributed by atoms with van der Waals surface area (Å²) in [6, 6.07) is 0. The van der Waals surface area contributed by atoms with Crippen molar-refractivity contribution in [3.05, 3.63) is 23.5 Å². The lowest BCUT2D eigenvalue weighted by molar-refractivity contribution is 0.146. The molecule has 0 aromatic carbocycles. The fraction of sp³-hybridized carbons (Fsp3) is 0.750. The van der Waals surface area contributed by atoms with Gasteiger partial charge in [0.2, 0.25) is 0 Å². The van der Waals surface area contributed by atoms with Crippen molar-refractivity contribution >= 4 is 7.82 Å². The van der Waals surface area contributed by atoms with Crippen molar-refractivity contribution < 1.29 is 18.1 Å². The minimum atomic E-state index is -3.53. The summed E-state index contributed by atoms with van der Waals surface area (Å²) in [6.07, 6.45) is 8.79. The van der Waals surface area contributed by atoms with Crippen molar-refractivity contribution in [3.8, 4) is 0 Å². The first-order chi connectivity index (χ1) is 10.1. The standard InChI is InChI=1S/C16H31O4P/c1-6-11-14-16(15(12-7-2)13-8-3)20-21(17,18-9-4)19-10-5/h12,14H,6-11,13H2,1-5H3. The molecular formula is C16H31O4P. The van der Waals surface area contributed by atoms with Gasteiger partial charge in [-0.1, -0.05) is 39.7 Å². The van der Waals surface area contributed by atoms with Crippen molar-refractivity contribution in [2.24, 2.45) is 0 Å². The third kappa shape index (κ3) is 8.45. The third-order valence-corrected chi connectivity index (χ3v) is 4.26. The highest BCUT2D eigenvalue weighted by molar-refractivity contribution is 7.48. The maximum Gasteiger partial charge on any atom is 0.530 e. The van der Waals surface area contributed by atoms with Gasteiger partial charge >= 0.3 is 7.82 Å². The number of unbranched alkanes of at least 4 members (excludes halogenated alkanes) is 1. The summed E-state index contributed by atoms with van der Waals surface area (Å²) in [5, 5.41) is 0. The normalized spacial score (nSPS) is 13.6. The highest BCUT2D eigenvalue weighted by atomic mass is 31.2. The van der Waals surface area contributed by atoms with Crippen LogP contribution in [0.5, 0.6) is 0 Å². The summed E-state index contributed by atoms with van der Waals surface area (Å²) in [7, 11) is -3.53. The lowest BCUT2D eigenvalue weighted by atomic mass is 10.1. The maximum absolute atomic E-state index is 12.6. The fourth-order valence-electron chi connectivity index (χ4n) is 1.87. The first kappa shape index (κ1) is 20.4. The molecule has 0 bridgehead atoms. The van der Waals surface area contributed by atoms with Crippen LogP contribution in [0.1, 0.15) is 66.7 Å². The second-order valence-electron chi connectivity index (χ2n) is 4.62. The van der Waals surface area contributed by atoms with Gasteiger partial charge in [-0.2, -0.15) is 0 Å². The van der Waals surface area contributed by atoms with Gasteiger partial charge in [-0.05, 0) is 44.8 Å². The lowest BCUT2D eigenvalue weighted by Crippen LogP contribution is -2.03. The predicted molar refractivity (Wildman–Crippen MR) is 88.2 cm³/mol.